The number of anilines is 1. The predicted molar refractivity (Wildman–Crippen MR) is 75.5 cm³/mol. The Morgan fingerprint density at radius 2 is 1.84 bits per heavy atom. The Kier molecular flexibility index (Phi) is 3.35. The number of Topliss-reactive ketones (excluding diaryl/α,β-unsaturated/α-hetero) is 1. The molecule has 1 fully saturated rings. The van der Waals surface area contributed by atoms with Crippen LogP contribution in [0.4, 0.5) is 5.69 Å². The molecule has 0 unspecified atom stereocenters. The first-order valence-corrected chi connectivity index (χ1v) is 6.49. The van der Waals surface area contributed by atoms with E-state index < -0.39 is 5.54 Å². The molecule has 0 saturated carbocycles. The fourth-order valence-electron chi connectivity index (χ4n) is 2.64. The number of rotatable bonds is 2. The lowest BCUT2D eigenvalue weighted by molar-refractivity contribution is -0.136. The number of piperazine rings is 1. The molecular weight excluding hydrogens is 240 g/mol. The molecule has 0 spiro atoms. The summed E-state index contributed by atoms with van der Waals surface area (Å²) in [5.74, 6) is 0.106. The number of benzene rings is 1. The van der Waals surface area contributed by atoms with Crippen molar-refractivity contribution in [2.45, 2.75) is 26.3 Å². The van der Waals surface area contributed by atoms with Crippen LogP contribution in [-0.4, -0.2) is 42.3 Å². The number of carbonyl (C=O) groups is 2. The van der Waals surface area contributed by atoms with Gasteiger partial charge in [0.25, 0.3) is 0 Å². The van der Waals surface area contributed by atoms with E-state index in [1.165, 1.54) is 0 Å². The van der Waals surface area contributed by atoms with E-state index in [1.54, 1.807) is 11.8 Å². The number of para-hydroxylation sites is 1. The Labute approximate surface area is 114 Å². The summed E-state index contributed by atoms with van der Waals surface area (Å²) < 4.78 is 0. The molecule has 1 amide bonds. The van der Waals surface area contributed by atoms with E-state index in [1.807, 2.05) is 50.1 Å². The third-order valence-electron chi connectivity index (χ3n) is 3.78. The summed E-state index contributed by atoms with van der Waals surface area (Å²) in [6, 6.07) is 7.49. The van der Waals surface area contributed by atoms with E-state index in [0.29, 0.717) is 12.1 Å². The molecule has 1 aliphatic heterocycles. The highest BCUT2D eigenvalue weighted by Gasteiger charge is 2.41. The van der Waals surface area contributed by atoms with Crippen LogP contribution in [0.5, 0.6) is 0 Å². The minimum atomic E-state index is -0.626. The highest BCUT2D eigenvalue weighted by Crippen LogP contribution is 2.31. The van der Waals surface area contributed by atoms with Crippen LogP contribution in [0.2, 0.25) is 0 Å². The summed E-state index contributed by atoms with van der Waals surface area (Å²) in [5, 5.41) is 0. The molecule has 0 N–H and O–H groups in total. The molecule has 0 aliphatic carbocycles. The second kappa shape index (κ2) is 4.68. The Morgan fingerprint density at radius 1 is 1.21 bits per heavy atom. The van der Waals surface area contributed by atoms with Gasteiger partial charge in [-0.15, -0.1) is 0 Å². The molecule has 102 valence electrons. The molecule has 4 nitrogen and oxygen atoms in total. The molecule has 0 bridgehead atoms. The summed E-state index contributed by atoms with van der Waals surface area (Å²) >= 11 is 0. The molecule has 1 saturated heterocycles. The Hall–Kier alpha value is -1.84. The second-order valence-electron chi connectivity index (χ2n) is 5.51. The number of hydrogen-bond acceptors (Lipinski definition) is 3. The van der Waals surface area contributed by atoms with Crippen LogP contribution < -0.4 is 4.90 Å². The predicted octanol–water partition coefficient (Wildman–Crippen LogP) is 1.95. The lowest BCUT2D eigenvalue weighted by Gasteiger charge is -2.46. The van der Waals surface area contributed by atoms with Gasteiger partial charge < -0.3 is 9.80 Å². The second-order valence-corrected chi connectivity index (χ2v) is 5.51. The summed E-state index contributed by atoms with van der Waals surface area (Å²) in [4.78, 5) is 27.8. The lowest BCUT2D eigenvalue weighted by atomic mass is 9.95. The molecular formula is C15H20N2O2. The maximum atomic E-state index is 12.3. The van der Waals surface area contributed by atoms with E-state index in [2.05, 4.69) is 0 Å². The van der Waals surface area contributed by atoms with Gasteiger partial charge in [0.05, 0.1) is 0 Å². The molecule has 19 heavy (non-hydrogen) atoms. The van der Waals surface area contributed by atoms with E-state index >= 15 is 0 Å². The largest absolute Gasteiger partial charge is 0.355 e. The third-order valence-corrected chi connectivity index (χ3v) is 3.78. The average Bonchev–Trinajstić information content (AvgIpc) is 2.36. The minimum Gasteiger partial charge on any atom is -0.355 e. The van der Waals surface area contributed by atoms with Crippen molar-refractivity contribution in [1.82, 2.24) is 4.90 Å². The topological polar surface area (TPSA) is 40.6 Å². The zero-order valence-corrected chi connectivity index (χ0v) is 11.9. The van der Waals surface area contributed by atoms with Crippen molar-refractivity contribution in [2.24, 2.45) is 0 Å². The SMILES string of the molecule is CC(=O)c1ccccc1N1CCN(C)C(=O)C1(C)C. The fraction of sp³-hybridized carbons (Fsp3) is 0.467. The van der Waals surface area contributed by atoms with E-state index in [-0.39, 0.29) is 11.7 Å². The van der Waals surface area contributed by atoms with Crippen LogP contribution in [0.1, 0.15) is 31.1 Å². The number of carbonyl (C=O) groups excluding carboxylic acids is 2. The van der Waals surface area contributed by atoms with Crippen molar-refractivity contribution in [2.75, 3.05) is 25.0 Å². The molecule has 2 rings (SSSR count). The minimum absolute atomic E-state index is 0.0257. The quantitative estimate of drug-likeness (QED) is 0.763. The molecule has 0 aromatic heterocycles. The lowest BCUT2D eigenvalue weighted by Crippen LogP contribution is -2.62. The van der Waals surface area contributed by atoms with Gasteiger partial charge in [0, 0.05) is 31.4 Å². The van der Waals surface area contributed by atoms with Crippen LogP contribution in [0.15, 0.2) is 24.3 Å². The Bertz CT molecular complexity index is 523. The molecule has 1 aromatic rings. The molecule has 0 atom stereocenters. The first-order valence-electron chi connectivity index (χ1n) is 6.49. The number of amides is 1. The van der Waals surface area contributed by atoms with Crippen molar-refractivity contribution in [3.05, 3.63) is 29.8 Å². The monoisotopic (exact) mass is 260 g/mol. The maximum Gasteiger partial charge on any atom is 0.247 e. The molecule has 1 heterocycles. The summed E-state index contributed by atoms with van der Waals surface area (Å²) in [6.45, 7) is 6.78. The number of hydrogen-bond donors (Lipinski definition) is 0. The van der Waals surface area contributed by atoms with Gasteiger partial charge in [0.15, 0.2) is 5.78 Å². The maximum absolute atomic E-state index is 12.3. The molecule has 0 radical (unpaired) electrons. The number of likely N-dealkylation sites (N-methyl/N-ethyl adjacent to an activating group) is 1. The van der Waals surface area contributed by atoms with Gasteiger partial charge in [-0.25, -0.2) is 0 Å². The number of ketones is 1. The summed E-state index contributed by atoms with van der Waals surface area (Å²) in [7, 11) is 1.82. The zero-order chi connectivity index (χ0) is 14.2. The first kappa shape index (κ1) is 13.6. The van der Waals surface area contributed by atoms with Crippen LogP contribution in [0, 0.1) is 0 Å². The average molecular weight is 260 g/mol. The molecule has 1 aromatic carbocycles. The van der Waals surface area contributed by atoms with E-state index in [9.17, 15) is 9.59 Å². The van der Waals surface area contributed by atoms with Crippen molar-refractivity contribution < 1.29 is 9.59 Å². The van der Waals surface area contributed by atoms with Gasteiger partial charge in [0.2, 0.25) is 5.91 Å². The van der Waals surface area contributed by atoms with Crippen molar-refractivity contribution >= 4 is 17.4 Å². The standard InChI is InChI=1S/C15H20N2O2/c1-11(18)12-7-5-6-8-13(12)17-10-9-16(4)14(19)15(17,2)3/h5-8H,9-10H2,1-4H3. The Balaban J connectivity index is 2.47. The number of nitrogens with zero attached hydrogens (tertiary/aromatic N) is 2. The highest BCUT2D eigenvalue weighted by atomic mass is 16.2. The first-order chi connectivity index (χ1) is 8.85. The highest BCUT2D eigenvalue weighted by molar-refractivity contribution is 6.01. The molecule has 4 heteroatoms. The zero-order valence-electron chi connectivity index (χ0n) is 11.9. The summed E-state index contributed by atoms with van der Waals surface area (Å²) in [5.41, 5.74) is 0.896. The summed E-state index contributed by atoms with van der Waals surface area (Å²) in [6.07, 6.45) is 0. The van der Waals surface area contributed by atoms with Gasteiger partial charge >= 0.3 is 0 Å². The van der Waals surface area contributed by atoms with Crippen molar-refractivity contribution in [3.8, 4) is 0 Å². The van der Waals surface area contributed by atoms with E-state index in [4.69, 9.17) is 0 Å². The fourth-order valence-corrected chi connectivity index (χ4v) is 2.64. The van der Waals surface area contributed by atoms with Gasteiger partial charge in [-0.1, -0.05) is 12.1 Å². The normalized spacial score (nSPS) is 18.6. The Morgan fingerprint density at radius 3 is 2.47 bits per heavy atom. The van der Waals surface area contributed by atoms with Gasteiger partial charge in [0.1, 0.15) is 5.54 Å². The molecule has 1 aliphatic rings. The van der Waals surface area contributed by atoms with Crippen LogP contribution in [-0.2, 0) is 4.79 Å². The van der Waals surface area contributed by atoms with Gasteiger partial charge in [-0.05, 0) is 32.9 Å². The van der Waals surface area contributed by atoms with Gasteiger partial charge in [-0.3, -0.25) is 9.59 Å². The van der Waals surface area contributed by atoms with Crippen LogP contribution in [0.3, 0.4) is 0 Å². The van der Waals surface area contributed by atoms with Crippen molar-refractivity contribution in [3.63, 3.8) is 0 Å². The smallest absolute Gasteiger partial charge is 0.247 e. The third kappa shape index (κ3) is 2.23. The van der Waals surface area contributed by atoms with Gasteiger partial charge in [-0.2, -0.15) is 0 Å². The van der Waals surface area contributed by atoms with E-state index in [0.717, 1.165) is 12.2 Å². The van der Waals surface area contributed by atoms with Crippen LogP contribution in [0.25, 0.3) is 0 Å². The van der Waals surface area contributed by atoms with Crippen LogP contribution >= 0.6 is 0 Å². The van der Waals surface area contributed by atoms with Crippen molar-refractivity contribution in [1.29, 1.82) is 0 Å².